The summed E-state index contributed by atoms with van der Waals surface area (Å²) in [7, 11) is 0. The van der Waals surface area contributed by atoms with E-state index in [2.05, 4.69) is 41.0 Å². The van der Waals surface area contributed by atoms with Crippen LogP contribution < -0.4 is 10.2 Å². The molecule has 2 rings (SSSR count). The van der Waals surface area contributed by atoms with E-state index in [1.807, 2.05) is 25.1 Å². The van der Waals surface area contributed by atoms with Crippen molar-refractivity contribution >= 4 is 6.01 Å². The Hall–Kier alpha value is -1.88. The zero-order valence-corrected chi connectivity index (χ0v) is 13.3. The normalized spacial score (nSPS) is 11.1. The van der Waals surface area contributed by atoms with Crippen LogP contribution in [0.3, 0.4) is 0 Å². The van der Waals surface area contributed by atoms with Gasteiger partial charge in [0.25, 0.3) is 6.01 Å². The lowest BCUT2D eigenvalue weighted by Crippen LogP contribution is -2.24. The van der Waals surface area contributed by atoms with Gasteiger partial charge in [-0.15, -0.1) is 0 Å². The molecule has 0 aliphatic heterocycles. The number of anilines is 1. The molecule has 21 heavy (non-hydrogen) atoms. The van der Waals surface area contributed by atoms with E-state index in [1.54, 1.807) is 6.26 Å². The van der Waals surface area contributed by atoms with Gasteiger partial charge < -0.3 is 14.6 Å². The van der Waals surface area contributed by atoms with Gasteiger partial charge in [0.2, 0.25) is 0 Å². The second-order valence-electron chi connectivity index (χ2n) is 5.44. The monoisotopic (exact) mass is 288 g/mol. The standard InChI is InChI=1S/C16H24N4O/c1-5-20(10-14-8-6-7-13(4)18-14)16-19-15(11-21-16)9-17-12(2)3/h6-8,11-12,17H,5,9-10H2,1-4H3. The Morgan fingerprint density at radius 2 is 2.05 bits per heavy atom. The number of hydrogen-bond donors (Lipinski definition) is 1. The molecular formula is C16H24N4O. The van der Waals surface area contributed by atoms with Crippen molar-refractivity contribution in [3.8, 4) is 0 Å². The Morgan fingerprint density at radius 3 is 2.71 bits per heavy atom. The molecule has 0 aliphatic carbocycles. The van der Waals surface area contributed by atoms with Crippen LogP contribution in [0.25, 0.3) is 0 Å². The molecule has 2 aromatic heterocycles. The first-order valence-electron chi connectivity index (χ1n) is 7.43. The van der Waals surface area contributed by atoms with Gasteiger partial charge in [-0.05, 0) is 26.0 Å². The molecule has 0 radical (unpaired) electrons. The summed E-state index contributed by atoms with van der Waals surface area (Å²) in [6.45, 7) is 10.6. The quantitative estimate of drug-likeness (QED) is 0.849. The van der Waals surface area contributed by atoms with Crippen LogP contribution >= 0.6 is 0 Å². The minimum absolute atomic E-state index is 0.434. The number of nitrogens with one attached hydrogen (secondary N) is 1. The Labute approximate surface area is 126 Å². The van der Waals surface area contributed by atoms with E-state index in [-0.39, 0.29) is 0 Å². The molecule has 0 saturated heterocycles. The molecule has 114 valence electrons. The van der Waals surface area contributed by atoms with Gasteiger partial charge in [-0.25, -0.2) is 0 Å². The summed E-state index contributed by atoms with van der Waals surface area (Å²) in [5, 5.41) is 3.34. The Balaban J connectivity index is 2.03. The highest BCUT2D eigenvalue weighted by atomic mass is 16.4. The molecule has 0 fully saturated rings. The van der Waals surface area contributed by atoms with E-state index in [4.69, 9.17) is 4.42 Å². The predicted molar refractivity (Wildman–Crippen MR) is 84.2 cm³/mol. The smallest absolute Gasteiger partial charge is 0.297 e. The van der Waals surface area contributed by atoms with Gasteiger partial charge in [-0.2, -0.15) is 4.98 Å². The molecule has 0 amide bonds. The largest absolute Gasteiger partial charge is 0.432 e. The molecule has 0 unspecified atom stereocenters. The third-order valence-electron chi connectivity index (χ3n) is 3.18. The van der Waals surface area contributed by atoms with Crippen LogP contribution in [0, 0.1) is 6.92 Å². The maximum Gasteiger partial charge on any atom is 0.297 e. The maximum absolute atomic E-state index is 5.60. The van der Waals surface area contributed by atoms with Gasteiger partial charge in [-0.1, -0.05) is 19.9 Å². The summed E-state index contributed by atoms with van der Waals surface area (Å²) in [6, 6.07) is 7.14. The third-order valence-corrected chi connectivity index (χ3v) is 3.18. The number of pyridine rings is 1. The van der Waals surface area contributed by atoms with Crippen LogP contribution in [0.4, 0.5) is 6.01 Å². The van der Waals surface area contributed by atoms with Crippen LogP contribution in [0.1, 0.15) is 37.9 Å². The highest BCUT2D eigenvalue weighted by Crippen LogP contribution is 2.16. The lowest BCUT2D eigenvalue weighted by atomic mass is 10.3. The van der Waals surface area contributed by atoms with Crippen LogP contribution in [0.2, 0.25) is 0 Å². The molecular weight excluding hydrogens is 264 g/mol. The van der Waals surface area contributed by atoms with Crippen molar-refractivity contribution in [3.05, 3.63) is 41.5 Å². The first-order chi connectivity index (χ1) is 10.1. The maximum atomic E-state index is 5.60. The fraction of sp³-hybridized carbons (Fsp3) is 0.500. The Morgan fingerprint density at radius 1 is 1.24 bits per heavy atom. The van der Waals surface area contributed by atoms with E-state index in [0.29, 0.717) is 18.6 Å². The molecule has 5 heteroatoms. The lowest BCUT2D eigenvalue weighted by Gasteiger charge is -2.18. The third kappa shape index (κ3) is 4.56. The van der Waals surface area contributed by atoms with Crippen molar-refractivity contribution in [1.82, 2.24) is 15.3 Å². The van der Waals surface area contributed by atoms with Gasteiger partial charge in [0.1, 0.15) is 6.26 Å². The summed E-state index contributed by atoms with van der Waals surface area (Å²) in [4.78, 5) is 11.2. The molecule has 0 aromatic carbocycles. The SMILES string of the molecule is CCN(Cc1cccc(C)n1)c1nc(CNC(C)C)co1. The molecule has 5 nitrogen and oxygen atoms in total. The van der Waals surface area contributed by atoms with Gasteiger partial charge in [0, 0.05) is 24.8 Å². The lowest BCUT2D eigenvalue weighted by molar-refractivity contribution is 0.530. The van der Waals surface area contributed by atoms with Crippen molar-refractivity contribution in [1.29, 1.82) is 0 Å². The van der Waals surface area contributed by atoms with Crippen LogP contribution in [0.15, 0.2) is 28.9 Å². The Kier molecular flexibility index (Phi) is 5.33. The highest BCUT2D eigenvalue weighted by Gasteiger charge is 2.13. The van der Waals surface area contributed by atoms with Gasteiger partial charge in [0.05, 0.1) is 17.9 Å². The van der Waals surface area contributed by atoms with E-state index >= 15 is 0 Å². The van der Waals surface area contributed by atoms with Gasteiger partial charge in [0.15, 0.2) is 0 Å². The molecule has 0 saturated carbocycles. The van der Waals surface area contributed by atoms with Crippen LogP contribution in [-0.4, -0.2) is 22.6 Å². The molecule has 2 heterocycles. The first kappa shape index (κ1) is 15.5. The summed E-state index contributed by atoms with van der Waals surface area (Å²) in [5.74, 6) is 0. The number of rotatable bonds is 7. The number of hydrogen-bond acceptors (Lipinski definition) is 5. The summed E-state index contributed by atoms with van der Waals surface area (Å²) in [5.41, 5.74) is 2.98. The minimum atomic E-state index is 0.434. The summed E-state index contributed by atoms with van der Waals surface area (Å²) >= 11 is 0. The van der Waals surface area contributed by atoms with Crippen molar-refractivity contribution in [2.45, 2.75) is 46.8 Å². The fourth-order valence-corrected chi connectivity index (χ4v) is 2.03. The molecule has 0 atom stereocenters. The van der Waals surface area contributed by atoms with Gasteiger partial charge >= 0.3 is 0 Å². The van der Waals surface area contributed by atoms with Crippen molar-refractivity contribution in [3.63, 3.8) is 0 Å². The molecule has 1 N–H and O–H groups in total. The number of aryl methyl sites for hydroxylation is 1. The second-order valence-corrected chi connectivity index (χ2v) is 5.44. The fourth-order valence-electron chi connectivity index (χ4n) is 2.03. The van der Waals surface area contributed by atoms with Crippen molar-refractivity contribution in [2.75, 3.05) is 11.4 Å². The number of nitrogens with zero attached hydrogens (tertiary/aromatic N) is 3. The van der Waals surface area contributed by atoms with E-state index < -0.39 is 0 Å². The molecule has 2 aromatic rings. The van der Waals surface area contributed by atoms with Crippen LogP contribution in [0.5, 0.6) is 0 Å². The van der Waals surface area contributed by atoms with Crippen LogP contribution in [-0.2, 0) is 13.1 Å². The van der Waals surface area contributed by atoms with Gasteiger partial charge in [-0.3, -0.25) is 4.98 Å². The summed E-state index contributed by atoms with van der Waals surface area (Å²) < 4.78 is 5.60. The van der Waals surface area contributed by atoms with Crippen molar-refractivity contribution < 1.29 is 4.42 Å². The van der Waals surface area contributed by atoms with E-state index in [0.717, 1.165) is 30.2 Å². The van der Waals surface area contributed by atoms with E-state index in [9.17, 15) is 0 Å². The number of aromatic nitrogens is 2. The van der Waals surface area contributed by atoms with E-state index in [1.165, 1.54) is 0 Å². The summed E-state index contributed by atoms with van der Waals surface area (Å²) in [6.07, 6.45) is 1.72. The average Bonchev–Trinajstić information content (AvgIpc) is 2.91. The molecule has 0 bridgehead atoms. The zero-order chi connectivity index (χ0) is 15.2. The molecule has 0 aliphatic rings. The topological polar surface area (TPSA) is 54.2 Å². The predicted octanol–water partition coefficient (Wildman–Crippen LogP) is 2.90. The molecule has 0 spiro atoms. The number of oxazole rings is 1. The zero-order valence-electron chi connectivity index (χ0n) is 13.3. The Bertz CT molecular complexity index is 565. The minimum Gasteiger partial charge on any atom is -0.432 e. The van der Waals surface area contributed by atoms with Crippen molar-refractivity contribution in [2.24, 2.45) is 0 Å². The highest BCUT2D eigenvalue weighted by molar-refractivity contribution is 5.28. The second kappa shape index (κ2) is 7.22. The average molecular weight is 288 g/mol. The first-order valence-corrected chi connectivity index (χ1v) is 7.43.